The van der Waals surface area contributed by atoms with E-state index < -0.39 is 24.1 Å². The van der Waals surface area contributed by atoms with Gasteiger partial charge in [0.15, 0.2) is 11.6 Å². The van der Waals surface area contributed by atoms with Crippen molar-refractivity contribution in [1.82, 2.24) is 9.55 Å². The van der Waals surface area contributed by atoms with Crippen molar-refractivity contribution in [2.45, 2.75) is 6.54 Å². The van der Waals surface area contributed by atoms with Gasteiger partial charge in [-0.1, -0.05) is 0 Å². The molecule has 7 heteroatoms. The molecule has 0 fully saturated rings. The van der Waals surface area contributed by atoms with Crippen LogP contribution in [-0.2, 0) is 11.3 Å². The first-order valence-corrected chi connectivity index (χ1v) is 6.71. The average molecular weight is 318 g/mol. The van der Waals surface area contributed by atoms with E-state index in [-0.39, 0.29) is 11.0 Å². The number of imidazole rings is 1. The molecule has 23 heavy (non-hydrogen) atoms. The number of hydrogen-bond acceptors (Lipinski definition) is 3. The SMILES string of the molecule is COc1ccc(-c2nc3cc(F)c(F)cc3n2CC(=O)O)cc1. The van der Waals surface area contributed by atoms with Gasteiger partial charge in [-0.05, 0) is 24.3 Å². The number of rotatable bonds is 4. The molecule has 118 valence electrons. The third-order valence-corrected chi connectivity index (χ3v) is 3.43. The number of fused-ring (bicyclic) bond motifs is 1. The maximum Gasteiger partial charge on any atom is 0.323 e. The van der Waals surface area contributed by atoms with E-state index in [1.807, 2.05) is 0 Å². The standard InChI is InChI=1S/C16H12F2N2O3/c1-23-10-4-2-9(3-5-10)16-19-13-6-11(17)12(18)7-14(13)20(16)8-15(21)22/h2-7H,8H2,1H3,(H,21,22). The van der Waals surface area contributed by atoms with E-state index >= 15 is 0 Å². The molecule has 3 rings (SSSR count). The second kappa shape index (κ2) is 5.68. The van der Waals surface area contributed by atoms with E-state index in [0.717, 1.165) is 12.1 Å². The van der Waals surface area contributed by atoms with Crippen LogP contribution in [0.5, 0.6) is 5.75 Å². The van der Waals surface area contributed by atoms with Crippen molar-refractivity contribution in [3.05, 3.63) is 48.0 Å². The van der Waals surface area contributed by atoms with Crippen LogP contribution in [0, 0.1) is 11.6 Å². The molecular weight excluding hydrogens is 306 g/mol. The molecule has 5 nitrogen and oxygen atoms in total. The molecule has 0 saturated heterocycles. The monoisotopic (exact) mass is 318 g/mol. The predicted molar refractivity (Wildman–Crippen MR) is 79.3 cm³/mol. The molecule has 0 amide bonds. The van der Waals surface area contributed by atoms with Crippen molar-refractivity contribution in [3.8, 4) is 17.1 Å². The maximum atomic E-state index is 13.5. The zero-order chi connectivity index (χ0) is 16.6. The minimum Gasteiger partial charge on any atom is -0.497 e. The van der Waals surface area contributed by atoms with Crippen molar-refractivity contribution >= 4 is 17.0 Å². The molecule has 1 heterocycles. The summed E-state index contributed by atoms with van der Waals surface area (Å²) in [6.45, 7) is -0.414. The summed E-state index contributed by atoms with van der Waals surface area (Å²) in [5.74, 6) is -2.24. The summed E-state index contributed by atoms with van der Waals surface area (Å²) in [5, 5.41) is 9.09. The minimum absolute atomic E-state index is 0.191. The Kier molecular flexibility index (Phi) is 3.69. The first-order chi connectivity index (χ1) is 11.0. The maximum absolute atomic E-state index is 13.5. The van der Waals surface area contributed by atoms with Crippen LogP contribution in [0.4, 0.5) is 8.78 Å². The Labute approximate surface area is 129 Å². The van der Waals surface area contributed by atoms with Crippen molar-refractivity contribution in [3.63, 3.8) is 0 Å². The van der Waals surface area contributed by atoms with Crippen molar-refractivity contribution < 1.29 is 23.4 Å². The number of aliphatic carboxylic acids is 1. The topological polar surface area (TPSA) is 64.4 Å². The molecule has 0 radical (unpaired) electrons. The van der Waals surface area contributed by atoms with Gasteiger partial charge in [0.25, 0.3) is 0 Å². The molecule has 0 aliphatic heterocycles. The molecule has 2 aromatic carbocycles. The molecule has 1 aromatic heterocycles. The van der Waals surface area contributed by atoms with Gasteiger partial charge >= 0.3 is 5.97 Å². The molecule has 3 aromatic rings. The Morgan fingerprint density at radius 1 is 1.22 bits per heavy atom. The van der Waals surface area contributed by atoms with Gasteiger partial charge < -0.3 is 14.4 Å². The van der Waals surface area contributed by atoms with Gasteiger partial charge in [0.2, 0.25) is 0 Å². The van der Waals surface area contributed by atoms with Crippen LogP contribution < -0.4 is 4.74 Å². The van der Waals surface area contributed by atoms with E-state index in [1.54, 1.807) is 24.3 Å². The number of carbonyl (C=O) groups is 1. The lowest BCUT2D eigenvalue weighted by Crippen LogP contribution is -2.10. The van der Waals surface area contributed by atoms with Gasteiger partial charge in [0, 0.05) is 17.7 Å². The summed E-state index contributed by atoms with van der Waals surface area (Å²) in [7, 11) is 1.53. The number of nitrogens with zero attached hydrogens (tertiary/aromatic N) is 2. The van der Waals surface area contributed by atoms with E-state index in [9.17, 15) is 13.6 Å². The third-order valence-electron chi connectivity index (χ3n) is 3.43. The van der Waals surface area contributed by atoms with Crippen molar-refractivity contribution in [2.75, 3.05) is 7.11 Å². The summed E-state index contributed by atoms with van der Waals surface area (Å²) in [4.78, 5) is 15.4. The second-order valence-corrected chi connectivity index (χ2v) is 4.90. The Morgan fingerprint density at radius 3 is 2.48 bits per heavy atom. The highest BCUT2D eigenvalue weighted by Gasteiger charge is 2.17. The Hall–Kier alpha value is -2.96. The first kappa shape index (κ1) is 15.0. The van der Waals surface area contributed by atoms with Gasteiger partial charge in [-0.15, -0.1) is 0 Å². The number of ether oxygens (including phenoxy) is 1. The number of halogens is 2. The summed E-state index contributed by atoms with van der Waals surface area (Å²) in [6, 6.07) is 8.70. The number of aromatic nitrogens is 2. The number of benzene rings is 2. The highest BCUT2D eigenvalue weighted by atomic mass is 19.2. The highest BCUT2D eigenvalue weighted by Crippen LogP contribution is 2.27. The molecule has 0 atom stereocenters. The Bertz CT molecular complexity index is 888. The smallest absolute Gasteiger partial charge is 0.323 e. The zero-order valence-corrected chi connectivity index (χ0v) is 12.1. The van der Waals surface area contributed by atoms with Crippen LogP contribution in [0.1, 0.15) is 0 Å². The van der Waals surface area contributed by atoms with Crippen LogP contribution >= 0.6 is 0 Å². The van der Waals surface area contributed by atoms with Crippen LogP contribution in [0.25, 0.3) is 22.4 Å². The summed E-state index contributed by atoms with van der Waals surface area (Å²) in [5.41, 5.74) is 1.03. The molecule has 0 spiro atoms. The Balaban J connectivity index is 2.23. The quantitative estimate of drug-likeness (QED) is 0.803. The van der Waals surface area contributed by atoms with Gasteiger partial charge in [0.1, 0.15) is 18.1 Å². The second-order valence-electron chi connectivity index (χ2n) is 4.90. The van der Waals surface area contributed by atoms with Crippen LogP contribution in [-0.4, -0.2) is 27.7 Å². The van der Waals surface area contributed by atoms with Gasteiger partial charge in [-0.3, -0.25) is 4.79 Å². The molecular formula is C16H12F2N2O3. The third kappa shape index (κ3) is 2.73. The number of carboxylic acids is 1. The van der Waals surface area contributed by atoms with Crippen LogP contribution in [0.15, 0.2) is 36.4 Å². The van der Waals surface area contributed by atoms with E-state index in [4.69, 9.17) is 9.84 Å². The number of hydrogen-bond donors (Lipinski definition) is 1. The molecule has 0 bridgehead atoms. The van der Waals surface area contributed by atoms with E-state index in [0.29, 0.717) is 17.1 Å². The zero-order valence-electron chi connectivity index (χ0n) is 12.1. The summed E-state index contributed by atoms with van der Waals surface area (Å²) in [6.07, 6.45) is 0. The van der Waals surface area contributed by atoms with Gasteiger partial charge in [0.05, 0.1) is 18.1 Å². The fourth-order valence-corrected chi connectivity index (χ4v) is 2.38. The number of carboxylic acid groups (broad SMARTS) is 1. The van der Waals surface area contributed by atoms with E-state index in [1.165, 1.54) is 11.7 Å². The molecule has 0 saturated carbocycles. The van der Waals surface area contributed by atoms with Crippen LogP contribution in [0.3, 0.4) is 0 Å². The lowest BCUT2D eigenvalue weighted by Gasteiger charge is -2.07. The molecule has 0 aliphatic carbocycles. The molecule has 1 N–H and O–H groups in total. The van der Waals surface area contributed by atoms with Gasteiger partial charge in [-0.2, -0.15) is 0 Å². The Morgan fingerprint density at radius 2 is 1.87 bits per heavy atom. The number of methoxy groups -OCH3 is 1. The summed E-state index contributed by atoms with van der Waals surface area (Å²) >= 11 is 0. The van der Waals surface area contributed by atoms with Crippen molar-refractivity contribution in [1.29, 1.82) is 0 Å². The van der Waals surface area contributed by atoms with E-state index in [2.05, 4.69) is 4.98 Å². The van der Waals surface area contributed by atoms with Crippen LogP contribution in [0.2, 0.25) is 0 Å². The van der Waals surface area contributed by atoms with Gasteiger partial charge in [-0.25, -0.2) is 13.8 Å². The fourth-order valence-electron chi connectivity index (χ4n) is 2.38. The fraction of sp³-hybridized carbons (Fsp3) is 0.125. The lowest BCUT2D eigenvalue weighted by molar-refractivity contribution is -0.137. The normalized spacial score (nSPS) is 10.9. The first-order valence-electron chi connectivity index (χ1n) is 6.71. The lowest BCUT2D eigenvalue weighted by atomic mass is 10.2. The molecule has 0 aliphatic rings. The largest absolute Gasteiger partial charge is 0.497 e. The highest BCUT2D eigenvalue weighted by molar-refractivity contribution is 5.83. The predicted octanol–water partition coefficient (Wildman–Crippen LogP) is 3.07. The summed E-state index contributed by atoms with van der Waals surface area (Å²) < 4.78 is 33.3. The average Bonchev–Trinajstić information content (AvgIpc) is 2.85. The minimum atomic E-state index is -1.11. The van der Waals surface area contributed by atoms with Crippen molar-refractivity contribution in [2.24, 2.45) is 0 Å². The molecule has 0 unspecified atom stereocenters.